The summed E-state index contributed by atoms with van der Waals surface area (Å²) in [6, 6.07) is 8.78. The fourth-order valence-corrected chi connectivity index (χ4v) is 2.38. The molecule has 2 rings (SSSR count). The smallest absolute Gasteiger partial charge is 0.191 e. The second-order valence-electron chi connectivity index (χ2n) is 7.06. The second-order valence-corrected chi connectivity index (χ2v) is 7.06. The molecule has 0 aromatic heterocycles. The molecule has 1 fully saturated rings. The summed E-state index contributed by atoms with van der Waals surface area (Å²) in [6.45, 7) is 10.7. The number of para-hydroxylation sites is 1. The molecular formula is C20H34N4O. The Morgan fingerprint density at radius 2 is 2.04 bits per heavy atom. The van der Waals surface area contributed by atoms with Gasteiger partial charge in [-0.1, -0.05) is 18.2 Å². The van der Waals surface area contributed by atoms with Crippen molar-refractivity contribution in [2.75, 3.05) is 33.3 Å². The van der Waals surface area contributed by atoms with Crippen LogP contribution < -0.4 is 15.4 Å². The highest BCUT2D eigenvalue weighted by atomic mass is 16.5. The largest absolute Gasteiger partial charge is 0.493 e. The molecule has 1 aliphatic rings. The Morgan fingerprint density at radius 3 is 2.72 bits per heavy atom. The molecule has 5 nitrogen and oxygen atoms in total. The summed E-state index contributed by atoms with van der Waals surface area (Å²) in [4.78, 5) is 7.04. The van der Waals surface area contributed by atoms with Crippen LogP contribution >= 0.6 is 0 Å². The summed E-state index contributed by atoms with van der Waals surface area (Å²) in [6.07, 6.45) is 2.61. The van der Waals surface area contributed by atoms with Gasteiger partial charge < -0.3 is 20.3 Å². The minimum absolute atomic E-state index is 0.553. The van der Waals surface area contributed by atoms with Gasteiger partial charge in [0.2, 0.25) is 0 Å². The van der Waals surface area contributed by atoms with Gasteiger partial charge in [0.25, 0.3) is 0 Å². The van der Waals surface area contributed by atoms with Gasteiger partial charge in [0.1, 0.15) is 5.75 Å². The van der Waals surface area contributed by atoms with E-state index in [0.29, 0.717) is 12.6 Å². The molecule has 0 heterocycles. The summed E-state index contributed by atoms with van der Waals surface area (Å²) >= 11 is 0. The zero-order chi connectivity index (χ0) is 18.1. The molecule has 5 heteroatoms. The molecule has 0 aliphatic heterocycles. The van der Waals surface area contributed by atoms with Crippen LogP contribution in [-0.2, 0) is 6.54 Å². The van der Waals surface area contributed by atoms with E-state index in [-0.39, 0.29) is 0 Å². The van der Waals surface area contributed by atoms with Gasteiger partial charge in [-0.15, -0.1) is 0 Å². The lowest BCUT2D eigenvalue weighted by atomic mass is 10.2. The Balaban J connectivity index is 1.88. The van der Waals surface area contributed by atoms with Crippen molar-refractivity contribution >= 4 is 5.96 Å². The van der Waals surface area contributed by atoms with Crippen molar-refractivity contribution in [2.24, 2.45) is 10.9 Å². The molecule has 0 spiro atoms. The number of aliphatic imine (C=N–C) groups is 1. The zero-order valence-corrected chi connectivity index (χ0v) is 16.2. The van der Waals surface area contributed by atoms with Gasteiger partial charge >= 0.3 is 0 Å². The molecular weight excluding hydrogens is 312 g/mol. The van der Waals surface area contributed by atoms with Crippen LogP contribution in [0.1, 0.15) is 39.2 Å². The number of nitrogens with zero attached hydrogens (tertiary/aromatic N) is 2. The van der Waals surface area contributed by atoms with Crippen LogP contribution in [-0.4, -0.2) is 50.2 Å². The summed E-state index contributed by atoms with van der Waals surface area (Å²) in [5.41, 5.74) is 1.14. The van der Waals surface area contributed by atoms with Crippen LogP contribution in [0.3, 0.4) is 0 Å². The van der Waals surface area contributed by atoms with Gasteiger partial charge in [-0.05, 0) is 52.6 Å². The second kappa shape index (κ2) is 10.3. The SMILES string of the molecule is CCNC(=NCc1ccccc1OCC1CC1)NCCN(C)C(C)C. The average molecular weight is 347 g/mol. The standard InChI is InChI=1S/C20H34N4O/c1-5-21-20(22-12-13-24(4)16(2)3)23-14-18-8-6-7-9-19(18)25-15-17-10-11-17/h6-9,16-17H,5,10-15H2,1-4H3,(H2,21,22,23). The lowest BCUT2D eigenvalue weighted by molar-refractivity contribution is 0.278. The maximum Gasteiger partial charge on any atom is 0.191 e. The summed E-state index contributed by atoms with van der Waals surface area (Å²) in [5, 5.41) is 6.73. The third-order valence-electron chi connectivity index (χ3n) is 4.53. The average Bonchev–Trinajstić information content (AvgIpc) is 3.42. The van der Waals surface area contributed by atoms with Crippen molar-refractivity contribution in [3.05, 3.63) is 29.8 Å². The fourth-order valence-electron chi connectivity index (χ4n) is 2.38. The van der Waals surface area contributed by atoms with Gasteiger partial charge in [0.15, 0.2) is 5.96 Å². The first-order valence-electron chi connectivity index (χ1n) is 9.53. The number of likely N-dealkylation sites (N-methyl/N-ethyl adjacent to an activating group) is 1. The quantitative estimate of drug-likeness (QED) is 0.505. The molecule has 0 unspecified atom stereocenters. The Morgan fingerprint density at radius 1 is 1.28 bits per heavy atom. The molecule has 0 saturated heterocycles. The van der Waals surface area contributed by atoms with E-state index >= 15 is 0 Å². The first-order chi connectivity index (χ1) is 12.1. The van der Waals surface area contributed by atoms with Crippen molar-refractivity contribution in [1.82, 2.24) is 15.5 Å². The monoisotopic (exact) mass is 346 g/mol. The van der Waals surface area contributed by atoms with Crippen LogP contribution in [0, 0.1) is 5.92 Å². The van der Waals surface area contributed by atoms with Crippen LogP contribution in [0.4, 0.5) is 0 Å². The van der Waals surface area contributed by atoms with E-state index in [2.05, 4.69) is 49.4 Å². The first kappa shape index (κ1) is 19.6. The summed E-state index contributed by atoms with van der Waals surface area (Å²) in [5.74, 6) is 2.58. The number of hydrogen-bond acceptors (Lipinski definition) is 3. The summed E-state index contributed by atoms with van der Waals surface area (Å²) in [7, 11) is 2.14. The Bertz CT molecular complexity index is 540. The van der Waals surface area contributed by atoms with Crippen LogP contribution in [0.5, 0.6) is 5.75 Å². The van der Waals surface area contributed by atoms with Crippen LogP contribution in [0.2, 0.25) is 0 Å². The maximum absolute atomic E-state index is 5.98. The van der Waals surface area contributed by atoms with E-state index in [1.807, 2.05) is 18.2 Å². The maximum atomic E-state index is 5.98. The third kappa shape index (κ3) is 7.34. The normalized spacial score (nSPS) is 14.9. The Kier molecular flexibility index (Phi) is 8.06. The fraction of sp³-hybridized carbons (Fsp3) is 0.650. The number of ether oxygens (including phenoxy) is 1. The Labute approximate surface area is 152 Å². The minimum atomic E-state index is 0.553. The molecule has 1 saturated carbocycles. The van der Waals surface area contributed by atoms with Crippen LogP contribution in [0.25, 0.3) is 0 Å². The van der Waals surface area contributed by atoms with Gasteiger partial charge in [-0.2, -0.15) is 0 Å². The lowest BCUT2D eigenvalue weighted by Gasteiger charge is -2.21. The molecule has 0 amide bonds. The first-order valence-corrected chi connectivity index (χ1v) is 9.53. The van der Waals surface area contributed by atoms with Gasteiger partial charge in [-0.3, -0.25) is 0 Å². The molecule has 25 heavy (non-hydrogen) atoms. The van der Waals surface area contributed by atoms with Gasteiger partial charge in [-0.25, -0.2) is 4.99 Å². The molecule has 0 bridgehead atoms. The highest BCUT2D eigenvalue weighted by Crippen LogP contribution is 2.30. The highest BCUT2D eigenvalue weighted by Gasteiger charge is 2.22. The molecule has 1 aromatic rings. The van der Waals surface area contributed by atoms with Crippen molar-refractivity contribution in [1.29, 1.82) is 0 Å². The van der Waals surface area contributed by atoms with Crippen molar-refractivity contribution in [2.45, 2.75) is 46.2 Å². The zero-order valence-electron chi connectivity index (χ0n) is 16.2. The third-order valence-corrected chi connectivity index (χ3v) is 4.53. The molecule has 140 valence electrons. The van der Waals surface area contributed by atoms with Gasteiger partial charge in [0.05, 0.1) is 13.2 Å². The highest BCUT2D eigenvalue weighted by molar-refractivity contribution is 5.79. The number of benzene rings is 1. The number of hydrogen-bond donors (Lipinski definition) is 2. The molecule has 0 atom stereocenters. The lowest BCUT2D eigenvalue weighted by Crippen LogP contribution is -2.42. The molecule has 1 aromatic carbocycles. The van der Waals surface area contributed by atoms with E-state index in [1.54, 1.807) is 0 Å². The predicted molar refractivity (Wildman–Crippen MR) is 105 cm³/mol. The predicted octanol–water partition coefficient (Wildman–Crippen LogP) is 2.87. The molecule has 0 radical (unpaired) electrons. The Hall–Kier alpha value is -1.75. The number of nitrogens with one attached hydrogen (secondary N) is 2. The number of guanidine groups is 1. The van der Waals surface area contributed by atoms with E-state index in [4.69, 9.17) is 9.73 Å². The van der Waals surface area contributed by atoms with E-state index in [1.165, 1.54) is 12.8 Å². The number of rotatable bonds is 10. The molecule has 2 N–H and O–H groups in total. The van der Waals surface area contributed by atoms with Crippen molar-refractivity contribution < 1.29 is 4.74 Å². The minimum Gasteiger partial charge on any atom is -0.493 e. The van der Waals surface area contributed by atoms with Crippen molar-refractivity contribution in [3.63, 3.8) is 0 Å². The topological polar surface area (TPSA) is 48.9 Å². The van der Waals surface area contributed by atoms with E-state index < -0.39 is 0 Å². The van der Waals surface area contributed by atoms with Crippen molar-refractivity contribution in [3.8, 4) is 5.75 Å². The molecule has 1 aliphatic carbocycles. The van der Waals surface area contributed by atoms with Crippen LogP contribution in [0.15, 0.2) is 29.3 Å². The van der Waals surface area contributed by atoms with E-state index in [9.17, 15) is 0 Å². The summed E-state index contributed by atoms with van der Waals surface area (Å²) < 4.78 is 5.98. The van der Waals surface area contributed by atoms with Gasteiger partial charge in [0, 0.05) is 31.2 Å². The van der Waals surface area contributed by atoms with E-state index in [0.717, 1.165) is 49.4 Å².